The fraction of sp³-hybridized carbons (Fsp3) is 0.765. The van der Waals surface area contributed by atoms with Gasteiger partial charge in [-0.25, -0.2) is 0 Å². The molecule has 0 spiro atoms. The summed E-state index contributed by atoms with van der Waals surface area (Å²) in [5, 5.41) is 0. The number of unbranched alkanes of at least 4 members (excludes halogenated alkanes) is 10. The largest absolute Gasteiger partial charge is 0.103 e. The van der Waals surface area contributed by atoms with Gasteiger partial charge in [0.25, 0.3) is 0 Å². The van der Waals surface area contributed by atoms with E-state index in [4.69, 9.17) is 0 Å². The Morgan fingerprint density at radius 3 is 1.76 bits per heavy atom. The summed E-state index contributed by atoms with van der Waals surface area (Å²) in [4.78, 5) is 0. The van der Waals surface area contributed by atoms with Crippen LogP contribution in [0.2, 0.25) is 0 Å². The predicted molar refractivity (Wildman–Crippen MR) is 80.4 cm³/mol. The van der Waals surface area contributed by atoms with E-state index < -0.39 is 0 Å². The van der Waals surface area contributed by atoms with Crippen molar-refractivity contribution >= 4 is 0 Å². The van der Waals surface area contributed by atoms with Gasteiger partial charge in [0.1, 0.15) is 0 Å². The molecule has 0 saturated heterocycles. The highest BCUT2D eigenvalue weighted by molar-refractivity contribution is 4.82. The van der Waals surface area contributed by atoms with E-state index >= 15 is 0 Å². The molecule has 0 heteroatoms. The van der Waals surface area contributed by atoms with Gasteiger partial charge in [-0.15, -0.1) is 6.58 Å². The maximum absolute atomic E-state index is 3.73. The summed E-state index contributed by atoms with van der Waals surface area (Å²) in [6.07, 6.45) is 23.0. The smallest absolute Gasteiger partial charge is 0.0348 e. The number of allylic oxidation sites excluding steroid dienone is 3. The van der Waals surface area contributed by atoms with Crippen molar-refractivity contribution in [3.63, 3.8) is 0 Å². The Balaban J connectivity index is 3.00. The highest BCUT2D eigenvalue weighted by Crippen LogP contribution is 2.10. The molecule has 0 nitrogen and oxygen atoms in total. The van der Waals surface area contributed by atoms with Gasteiger partial charge in [-0.3, -0.25) is 0 Å². The second-order valence-corrected chi connectivity index (χ2v) is 4.95. The van der Waals surface area contributed by atoms with E-state index in [2.05, 4.69) is 25.7 Å². The van der Waals surface area contributed by atoms with Gasteiger partial charge in [0.15, 0.2) is 0 Å². The van der Waals surface area contributed by atoms with Gasteiger partial charge in [0.2, 0.25) is 0 Å². The van der Waals surface area contributed by atoms with E-state index in [1.165, 1.54) is 70.6 Å². The third-order valence-corrected chi connectivity index (χ3v) is 3.17. The maximum atomic E-state index is 3.73. The molecule has 0 aliphatic carbocycles. The van der Waals surface area contributed by atoms with E-state index in [9.17, 15) is 0 Å². The monoisotopic (exact) mass is 236 g/mol. The number of hydrogen-bond donors (Lipinski definition) is 0. The van der Waals surface area contributed by atoms with E-state index in [-0.39, 0.29) is 0 Å². The fourth-order valence-electron chi connectivity index (χ4n) is 2.01. The highest BCUT2D eigenvalue weighted by Gasteiger charge is 1.90. The van der Waals surface area contributed by atoms with Crippen LogP contribution < -0.4 is 0 Å². The van der Waals surface area contributed by atoms with Gasteiger partial charge in [0.05, 0.1) is 0 Å². The molecule has 0 fully saturated rings. The Labute approximate surface area is 109 Å². The van der Waals surface area contributed by atoms with Gasteiger partial charge in [-0.1, -0.05) is 70.1 Å². The summed E-state index contributed by atoms with van der Waals surface area (Å²) in [6, 6.07) is 0. The molecular weight excluding hydrogens is 204 g/mol. The summed E-state index contributed by atoms with van der Waals surface area (Å²) in [6.45, 7) is 6.01. The minimum absolute atomic E-state index is 1.15. The lowest BCUT2D eigenvalue weighted by atomic mass is 10.1. The Morgan fingerprint density at radius 1 is 0.647 bits per heavy atom. The Hall–Kier alpha value is -0.520. The van der Waals surface area contributed by atoms with E-state index in [1.54, 1.807) is 0 Å². The van der Waals surface area contributed by atoms with Crippen molar-refractivity contribution < 1.29 is 0 Å². The molecule has 0 aromatic carbocycles. The summed E-state index contributed by atoms with van der Waals surface area (Å²) in [5.74, 6) is 0. The van der Waals surface area contributed by atoms with Crippen LogP contribution in [0.4, 0.5) is 0 Å². The molecule has 0 N–H and O–H groups in total. The summed E-state index contributed by atoms with van der Waals surface area (Å²) >= 11 is 0. The highest BCUT2D eigenvalue weighted by atomic mass is 14.0. The minimum Gasteiger partial charge on any atom is -0.103 e. The third-order valence-electron chi connectivity index (χ3n) is 3.17. The van der Waals surface area contributed by atoms with E-state index in [0.29, 0.717) is 0 Å². The molecule has 0 heterocycles. The van der Waals surface area contributed by atoms with Crippen LogP contribution in [0, 0.1) is 0 Å². The van der Waals surface area contributed by atoms with Crippen LogP contribution in [0.1, 0.15) is 84.0 Å². The van der Waals surface area contributed by atoms with Crippen LogP contribution in [0.5, 0.6) is 0 Å². The van der Waals surface area contributed by atoms with Gasteiger partial charge < -0.3 is 0 Å². The van der Waals surface area contributed by atoms with E-state index in [1.807, 2.05) is 6.08 Å². The first-order valence-corrected chi connectivity index (χ1v) is 7.67. The summed E-state index contributed by atoms with van der Waals surface area (Å²) in [5.41, 5.74) is 0. The quantitative estimate of drug-likeness (QED) is 0.255. The third kappa shape index (κ3) is 15.5. The lowest BCUT2D eigenvalue weighted by Gasteiger charge is -1.99. The molecule has 0 amide bonds. The summed E-state index contributed by atoms with van der Waals surface area (Å²) < 4.78 is 0. The van der Waals surface area contributed by atoms with Crippen LogP contribution in [0.25, 0.3) is 0 Å². The average Bonchev–Trinajstić information content (AvgIpc) is 2.35. The fourth-order valence-corrected chi connectivity index (χ4v) is 2.01. The number of rotatable bonds is 13. The lowest BCUT2D eigenvalue weighted by Crippen LogP contribution is -1.80. The number of hydrogen-bond acceptors (Lipinski definition) is 0. The van der Waals surface area contributed by atoms with Crippen molar-refractivity contribution in [3.05, 3.63) is 24.8 Å². The molecule has 0 aliphatic heterocycles. The van der Waals surface area contributed by atoms with Gasteiger partial charge in [-0.2, -0.15) is 0 Å². The molecule has 0 saturated carbocycles. The molecule has 0 rings (SSSR count). The SMILES string of the molecule is C=CCCC/C=C/CCCCCCCCCC. The molecule has 100 valence electrons. The maximum Gasteiger partial charge on any atom is -0.0348 e. The lowest BCUT2D eigenvalue weighted by molar-refractivity contribution is 0.577. The molecule has 0 unspecified atom stereocenters. The van der Waals surface area contributed by atoms with Crippen LogP contribution in [-0.2, 0) is 0 Å². The molecule has 0 aromatic rings. The normalized spacial score (nSPS) is 11.1. The topological polar surface area (TPSA) is 0 Å². The Kier molecular flexibility index (Phi) is 15.0. The van der Waals surface area contributed by atoms with Gasteiger partial charge in [-0.05, 0) is 32.1 Å². The zero-order valence-corrected chi connectivity index (χ0v) is 11.9. The first-order chi connectivity index (χ1) is 8.41. The van der Waals surface area contributed by atoms with Crippen LogP contribution in [0.15, 0.2) is 24.8 Å². The molecule has 17 heavy (non-hydrogen) atoms. The van der Waals surface area contributed by atoms with Crippen LogP contribution in [-0.4, -0.2) is 0 Å². The second kappa shape index (κ2) is 15.5. The zero-order chi connectivity index (χ0) is 12.6. The molecule has 0 radical (unpaired) electrons. The summed E-state index contributed by atoms with van der Waals surface area (Å²) in [7, 11) is 0. The van der Waals surface area contributed by atoms with Crippen molar-refractivity contribution in [3.8, 4) is 0 Å². The van der Waals surface area contributed by atoms with Crippen molar-refractivity contribution in [1.29, 1.82) is 0 Å². The molecule has 0 aliphatic rings. The van der Waals surface area contributed by atoms with Crippen molar-refractivity contribution in [2.24, 2.45) is 0 Å². The minimum atomic E-state index is 1.15. The van der Waals surface area contributed by atoms with Crippen LogP contribution in [0.3, 0.4) is 0 Å². The van der Waals surface area contributed by atoms with E-state index in [0.717, 1.165) is 6.42 Å². The molecule has 0 aromatic heterocycles. The van der Waals surface area contributed by atoms with Crippen molar-refractivity contribution in [2.45, 2.75) is 84.0 Å². The predicted octanol–water partition coefficient (Wildman–Crippen LogP) is 6.43. The first-order valence-electron chi connectivity index (χ1n) is 7.67. The second-order valence-electron chi connectivity index (χ2n) is 4.95. The van der Waals surface area contributed by atoms with Gasteiger partial charge >= 0.3 is 0 Å². The van der Waals surface area contributed by atoms with Crippen LogP contribution >= 0.6 is 0 Å². The Morgan fingerprint density at radius 2 is 1.18 bits per heavy atom. The molecule has 0 atom stereocenters. The standard InChI is InChI=1S/C17H32/c1-3-5-7-9-11-13-15-17-16-14-12-10-8-6-4-2/h3,11,13H,1,4-10,12,14-17H2,2H3/b13-11+. The van der Waals surface area contributed by atoms with Crippen molar-refractivity contribution in [2.75, 3.05) is 0 Å². The Bertz CT molecular complexity index is 167. The van der Waals surface area contributed by atoms with Gasteiger partial charge in [0, 0.05) is 0 Å². The molecule has 0 bridgehead atoms. The molecular formula is C17H32. The average molecular weight is 236 g/mol. The van der Waals surface area contributed by atoms with Crippen molar-refractivity contribution in [1.82, 2.24) is 0 Å². The first kappa shape index (κ1) is 16.5. The zero-order valence-electron chi connectivity index (χ0n) is 11.9.